The Labute approximate surface area is 132 Å². The van der Waals surface area contributed by atoms with E-state index in [4.69, 9.17) is 5.73 Å². The van der Waals surface area contributed by atoms with E-state index in [9.17, 15) is 0 Å². The van der Waals surface area contributed by atoms with Crippen LogP contribution >= 0.6 is 0 Å². The summed E-state index contributed by atoms with van der Waals surface area (Å²) in [5, 5.41) is 12.5. The molecule has 0 aliphatic carbocycles. The van der Waals surface area contributed by atoms with Gasteiger partial charge in [-0.25, -0.2) is 9.97 Å². The normalized spacial score (nSPS) is 11.2. The number of fused-ring (bicyclic) bond motifs is 2. The zero-order valence-corrected chi connectivity index (χ0v) is 12.9. The Hall–Kier alpha value is -3.15. The maximum Gasteiger partial charge on any atom is 0.227 e. The van der Waals surface area contributed by atoms with E-state index in [1.54, 1.807) is 6.20 Å². The van der Waals surface area contributed by atoms with Crippen LogP contribution in [0.5, 0.6) is 0 Å². The lowest BCUT2D eigenvalue weighted by molar-refractivity contribution is 1.07. The third-order valence-electron chi connectivity index (χ3n) is 4.06. The molecule has 4 N–H and O–H groups in total. The van der Waals surface area contributed by atoms with Crippen LogP contribution in [0.1, 0.15) is 11.3 Å². The average molecular weight is 304 g/mol. The van der Waals surface area contributed by atoms with Gasteiger partial charge in [-0.05, 0) is 49.7 Å². The van der Waals surface area contributed by atoms with Crippen molar-refractivity contribution in [2.24, 2.45) is 0 Å². The van der Waals surface area contributed by atoms with Gasteiger partial charge in [-0.3, -0.25) is 5.10 Å². The molecule has 6 heteroatoms. The maximum absolute atomic E-state index is 5.96. The predicted molar refractivity (Wildman–Crippen MR) is 92.8 cm³/mol. The Morgan fingerprint density at radius 3 is 2.87 bits per heavy atom. The first-order chi connectivity index (χ1) is 11.1. The van der Waals surface area contributed by atoms with E-state index in [1.807, 2.05) is 44.2 Å². The Bertz CT molecular complexity index is 1030. The van der Waals surface area contributed by atoms with E-state index in [1.165, 1.54) is 0 Å². The molecule has 0 spiro atoms. The summed E-state index contributed by atoms with van der Waals surface area (Å²) >= 11 is 0. The molecule has 6 nitrogen and oxygen atoms in total. The monoisotopic (exact) mass is 304 g/mol. The van der Waals surface area contributed by atoms with Crippen LogP contribution in [0.25, 0.3) is 21.8 Å². The number of hydrogen-bond acceptors (Lipinski definition) is 5. The zero-order valence-electron chi connectivity index (χ0n) is 12.9. The first kappa shape index (κ1) is 13.5. The Morgan fingerprint density at radius 1 is 1.13 bits per heavy atom. The van der Waals surface area contributed by atoms with Crippen LogP contribution in [0.15, 0.2) is 36.5 Å². The molecule has 2 heterocycles. The molecular formula is C17H16N6. The van der Waals surface area contributed by atoms with E-state index in [2.05, 4.69) is 25.5 Å². The van der Waals surface area contributed by atoms with Gasteiger partial charge in [-0.2, -0.15) is 5.10 Å². The van der Waals surface area contributed by atoms with Crippen LogP contribution in [-0.4, -0.2) is 20.2 Å². The quantitative estimate of drug-likeness (QED) is 0.493. The molecule has 0 saturated carbocycles. The van der Waals surface area contributed by atoms with Gasteiger partial charge in [0, 0.05) is 28.3 Å². The summed E-state index contributed by atoms with van der Waals surface area (Å²) in [6.45, 7) is 3.94. The Kier molecular flexibility index (Phi) is 2.90. The fourth-order valence-electron chi connectivity index (χ4n) is 2.68. The Balaban J connectivity index is 1.74. The SMILES string of the molecule is Cc1n[nH]c2cc(Nc3ncc4ccc(N)c(C)c4n3)ccc12. The van der Waals surface area contributed by atoms with Crippen molar-refractivity contribution in [3.63, 3.8) is 0 Å². The number of aryl methyl sites for hydroxylation is 2. The third kappa shape index (κ3) is 2.24. The minimum absolute atomic E-state index is 0.543. The first-order valence-electron chi connectivity index (χ1n) is 7.35. The van der Waals surface area contributed by atoms with Gasteiger partial charge < -0.3 is 11.1 Å². The molecule has 23 heavy (non-hydrogen) atoms. The van der Waals surface area contributed by atoms with Crippen molar-refractivity contribution >= 4 is 39.1 Å². The van der Waals surface area contributed by atoms with Crippen molar-refractivity contribution in [3.8, 4) is 0 Å². The molecular weight excluding hydrogens is 288 g/mol. The summed E-state index contributed by atoms with van der Waals surface area (Å²) in [5.41, 5.74) is 11.4. The highest BCUT2D eigenvalue weighted by Crippen LogP contribution is 2.24. The molecule has 0 saturated heterocycles. The van der Waals surface area contributed by atoms with Gasteiger partial charge in [0.25, 0.3) is 0 Å². The zero-order chi connectivity index (χ0) is 16.0. The molecule has 0 bridgehead atoms. The molecule has 2 aromatic heterocycles. The summed E-state index contributed by atoms with van der Waals surface area (Å²) in [4.78, 5) is 8.96. The number of nitrogen functional groups attached to an aromatic ring is 1. The van der Waals surface area contributed by atoms with Crippen LogP contribution in [-0.2, 0) is 0 Å². The lowest BCUT2D eigenvalue weighted by atomic mass is 10.1. The number of aromatic nitrogens is 4. The molecule has 4 rings (SSSR count). The first-order valence-corrected chi connectivity index (χ1v) is 7.35. The lowest BCUT2D eigenvalue weighted by Crippen LogP contribution is -1.99. The van der Waals surface area contributed by atoms with Gasteiger partial charge in [-0.1, -0.05) is 0 Å². The molecule has 0 radical (unpaired) electrons. The summed E-state index contributed by atoms with van der Waals surface area (Å²) in [6, 6.07) is 9.82. The molecule has 2 aromatic carbocycles. The second-order valence-corrected chi connectivity index (χ2v) is 5.61. The average Bonchev–Trinajstić information content (AvgIpc) is 2.92. The largest absolute Gasteiger partial charge is 0.398 e. The number of benzene rings is 2. The summed E-state index contributed by atoms with van der Waals surface area (Å²) in [6.07, 6.45) is 1.80. The van der Waals surface area contributed by atoms with Gasteiger partial charge in [0.2, 0.25) is 5.95 Å². The number of aromatic amines is 1. The molecule has 0 amide bonds. The molecule has 0 unspecified atom stereocenters. The molecule has 4 aromatic rings. The van der Waals surface area contributed by atoms with Crippen LogP contribution in [0.3, 0.4) is 0 Å². The molecule has 0 aliphatic heterocycles. The van der Waals surface area contributed by atoms with Gasteiger partial charge in [0.05, 0.1) is 16.7 Å². The predicted octanol–water partition coefficient (Wildman–Crippen LogP) is 3.45. The van der Waals surface area contributed by atoms with E-state index >= 15 is 0 Å². The van der Waals surface area contributed by atoms with Crippen molar-refractivity contribution in [2.75, 3.05) is 11.1 Å². The maximum atomic E-state index is 5.96. The highest BCUT2D eigenvalue weighted by Gasteiger charge is 2.07. The number of rotatable bonds is 2. The minimum Gasteiger partial charge on any atom is -0.398 e. The highest BCUT2D eigenvalue weighted by atomic mass is 15.1. The van der Waals surface area contributed by atoms with Crippen LogP contribution in [0.2, 0.25) is 0 Å². The smallest absolute Gasteiger partial charge is 0.227 e. The summed E-state index contributed by atoms with van der Waals surface area (Å²) in [7, 11) is 0. The fourth-order valence-corrected chi connectivity index (χ4v) is 2.68. The van der Waals surface area contributed by atoms with Gasteiger partial charge in [0.15, 0.2) is 0 Å². The molecule has 0 fully saturated rings. The fraction of sp³-hybridized carbons (Fsp3) is 0.118. The summed E-state index contributed by atoms with van der Waals surface area (Å²) in [5.74, 6) is 0.543. The highest BCUT2D eigenvalue weighted by molar-refractivity contribution is 5.87. The number of hydrogen-bond donors (Lipinski definition) is 3. The second kappa shape index (κ2) is 4.95. The number of nitrogens with two attached hydrogens (primary N) is 1. The number of nitrogens with zero attached hydrogens (tertiary/aromatic N) is 3. The Morgan fingerprint density at radius 2 is 2.00 bits per heavy atom. The van der Waals surface area contributed by atoms with Crippen molar-refractivity contribution in [1.82, 2.24) is 20.2 Å². The lowest BCUT2D eigenvalue weighted by Gasteiger charge is -2.08. The molecule has 0 aliphatic rings. The van der Waals surface area contributed by atoms with Crippen molar-refractivity contribution in [1.29, 1.82) is 0 Å². The molecule has 114 valence electrons. The van der Waals surface area contributed by atoms with E-state index in [-0.39, 0.29) is 0 Å². The number of nitrogens with one attached hydrogen (secondary N) is 2. The van der Waals surface area contributed by atoms with E-state index in [0.717, 1.165) is 44.4 Å². The van der Waals surface area contributed by atoms with Crippen molar-refractivity contribution < 1.29 is 0 Å². The number of anilines is 3. The van der Waals surface area contributed by atoms with Crippen molar-refractivity contribution in [3.05, 3.63) is 47.8 Å². The minimum atomic E-state index is 0.543. The standard InChI is InChI=1S/C17H16N6/c1-9-14(18)6-3-11-8-19-17(21-16(9)11)20-12-4-5-13-10(2)22-23-15(13)7-12/h3-8H,18H2,1-2H3,(H,22,23)(H,19,20,21). The number of H-pyrrole nitrogens is 1. The topological polar surface area (TPSA) is 92.5 Å². The van der Waals surface area contributed by atoms with E-state index < -0.39 is 0 Å². The van der Waals surface area contributed by atoms with Gasteiger partial charge >= 0.3 is 0 Å². The van der Waals surface area contributed by atoms with E-state index in [0.29, 0.717) is 5.95 Å². The van der Waals surface area contributed by atoms with Gasteiger partial charge in [0.1, 0.15) is 0 Å². The van der Waals surface area contributed by atoms with Crippen LogP contribution < -0.4 is 11.1 Å². The van der Waals surface area contributed by atoms with Crippen LogP contribution in [0, 0.1) is 13.8 Å². The summed E-state index contributed by atoms with van der Waals surface area (Å²) < 4.78 is 0. The van der Waals surface area contributed by atoms with Crippen LogP contribution in [0.4, 0.5) is 17.3 Å². The third-order valence-corrected chi connectivity index (χ3v) is 4.06. The second-order valence-electron chi connectivity index (χ2n) is 5.61. The molecule has 0 atom stereocenters. The van der Waals surface area contributed by atoms with Crippen molar-refractivity contribution in [2.45, 2.75) is 13.8 Å². The van der Waals surface area contributed by atoms with Gasteiger partial charge in [-0.15, -0.1) is 0 Å².